The maximum absolute atomic E-state index is 13.2. The molecule has 1 amide bonds. The number of benzene rings is 2. The van der Waals surface area contributed by atoms with E-state index in [0.717, 1.165) is 31.4 Å². The smallest absolute Gasteiger partial charge is 0.416 e. The predicted molar refractivity (Wildman–Crippen MR) is 103 cm³/mol. The number of hydrogen-bond donors (Lipinski definition) is 2. The summed E-state index contributed by atoms with van der Waals surface area (Å²) >= 11 is 0. The Balaban J connectivity index is 2.02. The number of carboxylic acids is 1. The Hall–Kier alpha value is -3.03. The van der Waals surface area contributed by atoms with Crippen LogP contribution in [0.4, 0.5) is 24.5 Å². The molecule has 1 atom stereocenters. The van der Waals surface area contributed by atoms with Gasteiger partial charge in [0.05, 0.1) is 28.1 Å². The van der Waals surface area contributed by atoms with Gasteiger partial charge in [0.1, 0.15) is 0 Å². The highest BCUT2D eigenvalue weighted by Crippen LogP contribution is 2.37. The third-order valence-corrected chi connectivity index (χ3v) is 5.09. The Bertz CT molecular complexity index is 928. The summed E-state index contributed by atoms with van der Waals surface area (Å²) < 4.78 is 39.7. The minimum Gasteiger partial charge on any atom is -0.478 e. The fourth-order valence-corrected chi connectivity index (χ4v) is 3.58. The lowest BCUT2D eigenvalue weighted by atomic mass is 10.0. The van der Waals surface area contributed by atoms with Gasteiger partial charge in [-0.05, 0) is 56.5 Å². The largest absolute Gasteiger partial charge is 0.478 e. The van der Waals surface area contributed by atoms with Crippen molar-refractivity contribution in [3.63, 3.8) is 0 Å². The number of carbonyl (C=O) groups is 2. The Kier molecular flexibility index (Phi) is 5.81. The molecule has 29 heavy (non-hydrogen) atoms. The number of alkyl halides is 3. The van der Waals surface area contributed by atoms with Crippen LogP contribution in [0, 0.1) is 0 Å². The molecule has 0 aliphatic carbocycles. The molecule has 3 rings (SSSR count). The molecule has 1 heterocycles. The number of carbonyl (C=O) groups excluding carboxylic acids is 1. The summed E-state index contributed by atoms with van der Waals surface area (Å²) in [4.78, 5) is 26.1. The summed E-state index contributed by atoms with van der Waals surface area (Å²) in [6.45, 7) is 2.66. The van der Waals surface area contributed by atoms with Crippen molar-refractivity contribution in [2.24, 2.45) is 0 Å². The lowest BCUT2D eigenvalue weighted by molar-refractivity contribution is -0.137. The molecule has 1 saturated heterocycles. The van der Waals surface area contributed by atoms with Gasteiger partial charge < -0.3 is 15.3 Å². The molecule has 5 nitrogen and oxygen atoms in total. The van der Waals surface area contributed by atoms with E-state index in [1.807, 2.05) is 11.8 Å². The maximum Gasteiger partial charge on any atom is 0.416 e. The Morgan fingerprint density at radius 2 is 1.79 bits per heavy atom. The maximum atomic E-state index is 13.2. The van der Waals surface area contributed by atoms with Crippen LogP contribution >= 0.6 is 0 Å². The Labute approximate surface area is 166 Å². The highest BCUT2D eigenvalue weighted by molar-refractivity contribution is 6.11. The van der Waals surface area contributed by atoms with Crippen LogP contribution in [0.3, 0.4) is 0 Å². The van der Waals surface area contributed by atoms with E-state index in [-0.39, 0.29) is 22.9 Å². The first-order valence-corrected chi connectivity index (χ1v) is 9.30. The average Bonchev–Trinajstić information content (AvgIpc) is 2.68. The van der Waals surface area contributed by atoms with Crippen LogP contribution in [-0.2, 0) is 6.18 Å². The van der Waals surface area contributed by atoms with E-state index in [2.05, 4.69) is 5.32 Å². The second-order valence-corrected chi connectivity index (χ2v) is 7.07. The lowest BCUT2D eigenvalue weighted by Gasteiger charge is -2.36. The quantitative estimate of drug-likeness (QED) is 0.747. The number of rotatable bonds is 4. The number of carboxylic acid groups (broad SMARTS) is 1. The van der Waals surface area contributed by atoms with Gasteiger partial charge in [0.2, 0.25) is 0 Å². The molecule has 0 aromatic heterocycles. The first-order chi connectivity index (χ1) is 13.7. The Morgan fingerprint density at radius 3 is 2.41 bits per heavy atom. The Morgan fingerprint density at radius 1 is 1.10 bits per heavy atom. The molecule has 2 aromatic rings. The van der Waals surface area contributed by atoms with Crippen molar-refractivity contribution >= 4 is 23.3 Å². The minimum atomic E-state index is -4.56. The fraction of sp³-hybridized carbons (Fsp3) is 0.333. The van der Waals surface area contributed by atoms with Crippen LogP contribution in [0.2, 0.25) is 0 Å². The predicted octanol–water partition coefficient (Wildman–Crippen LogP) is 5.03. The van der Waals surface area contributed by atoms with Crippen LogP contribution in [0.5, 0.6) is 0 Å². The molecule has 1 aliphatic rings. The molecule has 154 valence electrons. The van der Waals surface area contributed by atoms with Crippen molar-refractivity contribution < 1.29 is 27.9 Å². The average molecular weight is 406 g/mol. The van der Waals surface area contributed by atoms with Gasteiger partial charge in [-0.25, -0.2) is 4.79 Å². The molecule has 1 fully saturated rings. The fourth-order valence-electron chi connectivity index (χ4n) is 3.58. The van der Waals surface area contributed by atoms with Crippen LogP contribution in [0.25, 0.3) is 0 Å². The zero-order valence-electron chi connectivity index (χ0n) is 15.8. The van der Waals surface area contributed by atoms with Gasteiger partial charge in [0.25, 0.3) is 5.91 Å². The molecular weight excluding hydrogens is 385 g/mol. The standard InChI is InChI=1S/C21H21F3N2O3/c1-13-6-4-5-11-26(13)18-10-9-14(21(22,23)24)12-17(18)25-19(27)15-7-2-3-8-16(15)20(28)29/h2-3,7-10,12-13H,4-6,11H2,1H3,(H,25,27)(H,28,29). The second kappa shape index (κ2) is 8.14. The lowest BCUT2D eigenvalue weighted by Crippen LogP contribution is -2.38. The van der Waals surface area contributed by atoms with Gasteiger partial charge in [0, 0.05) is 12.6 Å². The van der Waals surface area contributed by atoms with Crippen molar-refractivity contribution in [1.29, 1.82) is 0 Å². The number of nitrogens with one attached hydrogen (secondary N) is 1. The number of piperidine rings is 1. The van der Waals surface area contributed by atoms with E-state index in [1.54, 1.807) is 0 Å². The summed E-state index contributed by atoms with van der Waals surface area (Å²) in [5.74, 6) is -2.06. The van der Waals surface area contributed by atoms with Crippen LogP contribution in [0.1, 0.15) is 52.5 Å². The molecule has 2 aromatic carbocycles. The molecule has 0 spiro atoms. The van der Waals surface area contributed by atoms with Gasteiger partial charge in [-0.3, -0.25) is 4.79 Å². The molecule has 2 N–H and O–H groups in total. The monoisotopic (exact) mass is 406 g/mol. The van der Waals surface area contributed by atoms with E-state index in [4.69, 9.17) is 0 Å². The summed E-state index contributed by atoms with van der Waals surface area (Å²) in [5.41, 5.74) is -0.710. The van der Waals surface area contributed by atoms with E-state index in [1.165, 1.54) is 30.3 Å². The van der Waals surface area contributed by atoms with Gasteiger partial charge in [-0.15, -0.1) is 0 Å². The summed E-state index contributed by atoms with van der Waals surface area (Å²) in [6.07, 6.45) is -1.73. The van der Waals surface area contributed by atoms with Crippen molar-refractivity contribution in [3.8, 4) is 0 Å². The second-order valence-electron chi connectivity index (χ2n) is 7.07. The molecular formula is C21H21F3N2O3. The van der Waals surface area contributed by atoms with Crippen molar-refractivity contribution in [1.82, 2.24) is 0 Å². The van der Waals surface area contributed by atoms with Crippen LogP contribution in [-0.4, -0.2) is 29.6 Å². The topological polar surface area (TPSA) is 69.6 Å². The highest BCUT2D eigenvalue weighted by Gasteiger charge is 2.32. The zero-order chi connectivity index (χ0) is 21.2. The number of halogens is 3. The van der Waals surface area contributed by atoms with E-state index in [9.17, 15) is 27.9 Å². The van der Waals surface area contributed by atoms with E-state index >= 15 is 0 Å². The first kappa shape index (κ1) is 20.7. The van der Waals surface area contributed by atoms with Crippen molar-refractivity contribution in [2.45, 2.75) is 38.4 Å². The number of nitrogens with zero attached hydrogens (tertiary/aromatic N) is 1. The van der Waals surface area contributed by atoms with E-state index in [0.29, 0.717) is 12.2 Å². The third-order valence-electron chi connectivity index (χ3n) is 5.09. The van der Waals surface area contributed by atoms with Gasteiger partial charge in [-0.1, -0.05) is 12.1 Å². The third kappa shape index (κ3) is 4.52. The number of anilines is 2. The molecule has 1 aliphatic heterocycles. The van der Waals surface area contributed by atoms with Crippen molar-refractivity contribution in [2.75, 3.05) is 16.8 Å². The number of aromatic carboxylic acids is 1. The summed E-state index contributed by atoms with van der Waals surface area (Å²) in [5, 5.41) is 11.8. The van der Waals surface area contributed by atoms with Crippen LogP contribution < -0.4 is 10.2 Å². The van der Waals surface area contributed by atoms with Crippen molar-refractivity contribution in [3.05, 3.63) is 59.2 Å². The first-order valence-electron chi connectivity index (χ1n) is 9.30. The van der Waals surface area contributed by atoms with Gasteiger partial charge >= 0.3 is 12.1 Å². The molecule has 0 saturated carbocycles. The molecule has 0 radical (unpaired) electrons. The summed E-state index contributed by atoms with van der Waals surface area (Å²) in [7, 11) is 0. The highest BCUT2D eigenvalue weighted by atomic mass is 19.4. The zero-order valence-corrected chi connectivity index (χ0v) is 15.8. The SMILES string of the molecule is CC1CCCCN1c1ccc(C(F)(F)F)cc1NC(=O)c1ccccc1C(=O)O. The summed E-state index contributed by atoms with van der Waals surface area (Å²) in [6, 6.07) is 8.96. The van der Waals surface area contributed by atoms with Crippen LogP contribution in [0.15, 0.2) is 42.5 Å². The molecule has 1 unspecified atom stereocenters. The molecule has 8 heteroatoms. The number of amides is 1. The van der Waals surface area contributed by atoms with Gasteiger partial charge in [0.15, 0.2) is 0 Å². The number of hydrogen-bond acceptors (Lipinski definition) is 3. The van der Waals surface area contributed by atoms with E-state index < -0.39 is 23.6 Å². The normalized spacial score (nSPS) is 17.1. The molecule has 0 bridgehead atoms. The van der Waals surface area contributed by atoms with Gasteiger partial charge in [-0.2, -0.15) is 13.2 Å². The minimum absolute atomic E-state index is 0.0127.